The lowest BCUT2D eigenvalue weighted by Crippen LogP contribution is -2.71. The smallest absolute Gasteiger partial charge is 0.249 e. The average molecular weight is 1240 g/mol. The van der Waals surface area contributed by atoms with Gasteiger partial charge in [-0.3, -0.25) is 0 Å². The molecule has 9 heteroatoms. The normalized spacial score (nSPS) is 16.2. The van der Waals surface area contributed by atoms with Gasteiger partial charge in [-0.25, -0.2) is 0 Å². The second-order valence-corrected chi connectivity index (χ2v) is 33.2. The van der Waals surface area contributed by atoms with Gasteiger partial charge in [0, 0.05) is 89.0 Å². The zero-order valence-corrected chi connectivity index (χ0v) is 60.9. The molecule has 0 aliphatic carbocycles. The monoisotopic (exact) mass is 1240 g/mol. The van der Waals surface area contributed by atoms with E-state index in [2.05, 4.69) is 294 Å². The molecular weight excluding hydrogens is 1150 g/mol. The molecule has 9 aromatic rings. The van der Waals surface area contributed by atoms with E-state index in [1.807, 2.05) is 23.5 Å². The number of fused-ring (bicyclic) bond motifs is 9. The molecule has 0 spiro atoms. The van der Waals surface area contributed by atoms with Gasteiger partial charge in [-0.2, -0.15) is 0 Å². The van der Waals surface area contributed by atoms with Crippen LogP contribution in [0.5, 0.6) is 0 Å². The van der Waals surface area contributed by atoms with Gasteiger partial charge >= 0.3 is 0 Å². The molecule has 466 valence electrons. The van der Waals surface area contributed by atoms with Crippen molar-refractivity contribution in [3.05, 3.63) is 193 Å². The highest BCUT2D eigenvalue weighted by atomic mass is 32.2. The highest BCUT2D eigenvalue weighted by Gasteiger charge is 2.58. The number of aryl methyl sites for hydroxylation is 14. The topological polar surface area (TPSA) is 13.0 Å². The Morgan fingerprint density at radius 1 is 0.424 bits per heavy atom. The summed E-state index contributed by atoms with van der Waals surface area (Å²) in [4.78, 5) is 16.5. The van der Waals surface area contributed by atoms with Crippen LogP contribution in [0.2, 0.25) is 11.6 Å². The Morgan fingerprint density at radius 2 is 0.804 bits per heavy atom. The summed E-state index contributed by atoms with van der Waals surface area (Å²) in [5, 5.41) is 0. The van der Waals surface area contributed by atoms with Crippen LogP contribution in [0.1, 0.15) is 140 Å². The van der Waals surface area contributed by atoms with Crippen LogP contribution in [0.3, 0.4) is 0 Å². The van der Waals surface area contributed by atoms with Crippen molar-refractivity contribution in [2.45, 2.75) is 197 Å². The third-order valence-electron chi connectivity index (χ3n) is 22.8. The molecule has 3 atom stereocenters. The quantitative estimate of drug-likeness (QED) is 0.140. The van der Waals surface area contributed by atoms with Crippen LogP contribution in [-0.2, 0) is 0 Å². The Morgan fingerprint density at radius 3 is 1.20 bits per heavy atom. The fourth-order valence-corrected chi connectivity index (χ4v) is 20.0. The summed E-state index contributed by atoms with van der Waals surface area (Å²) in [5.74, 6) is 0.582. The van der Waals surface area contributed by atoms with Crippen molar-refractivity contribution in [3.63, 3.8) is 0 Å². The maximum absolute atomic E-state index is 2.95. The number of nitrogens with zero attached hydrogens (tertiary/aromatic N) is 4. The summed E-state index contributed by atoms with van der Waals surface area (Å²) in [7, 11) is 0. The molecule has 0 amide bonds. The fraction of sp³-hybridized carbons (Fsp3) is 0.349. The minimum Gasteiger partial charge on any atom is -0.343 e. The molecule has 0 saturated heterocycles. The molecule has 5 aliphatic rings. The van der Waals surface area contributed by atoms with Gasteiger partial charge in [0.25, 0.3) is 0 Å². The first-order valence-corrected chi connectivity index (χ1v) is 35.7. The number of hydrogen-bond acceptors (Lipinski definition) is 6. The van der Waals surface area contributed by atoms with Crippen LogP contribution in [0, 0.1) is 108 Å². The van der Waals surface area contributed by atoms with E-state index >= 15 is 0 Å². The molecule has 0 aromatic heterocycles. The van der Waals surface area contributed by atoms with Gasteiger partial charge in [-0.1, -0.05) is 154 Å². The number of hydrogen-bond donors (Lipinski definition) is 0. The molecule has 92 heavy (non-hydrogen) atoms. The van der Waals surface area contributed by atoms with E-state index < -0.39 is 0 Å². The summed E-state index contributed by atoms with van der Waals surface area (Å²) >= 11 is 3.99. The molecule has 9 aromatic carbocycles. The number of rotatable bonds is 8. The third-order valence-corrected chi connectivity index (χ3v) is 25.1. The summed E-state index contributed by atoms with van der Waals surface area (Å²) in [6.07, 6.45) is 0. The standard InChI is InChI=1S/C83H93B3N4S2/c1-24-87-70-39-60(89(66-35-50(8)46(4)31-54(66)12)67-36-51(9)47(5)32-55(67)13)41-74-76(70)85(62-27-25-44(2)29-72(62)91-74)64-43-65-80-78(79(64)87)84(59(17)82(18,19)20)81(83(21,22)23)58(16)88(80)71-40-61(42-75-77(71)86(65)63-28-26-45(3)30-73(63)92-75)90(68-37-52(10)48(6)33-56(68)14)69-38-53(11)49(7)34-57(69)15/h25-43,58-59,81H,24H2,1-23H3. The molecule has 0 fully saturated rings. The van der Waals surface area contributed by atoms with E-state index in [1.54, 1.807) is 5.46 Å². The molecule has 14 rings (SSSR count). The van der Waals surface area contributed by atoms with Crippen LogP contribution >= 0.6 is 23.5 Å². The minimum absolute atomic E-state index is 0.00607. The van der Waals surface area contributed by atoms with E-state index in [1.165, 1.54) is 187 Å². The lowest BCUT2D eigenvalue weighted by molar-refractivity contribution is 0.322. The van der Waals surface area contributed by atoms with E-state index in [9.17, 15) is 0 Å². The van der Waals surface area contributed by atoms with Crippen molar-refractivity contribution in [2.24, 2.45) is 10.8 Å². The largest absolute Gasteiger partial charge is 0.343 e. The van der Waals surface area contributed by atoms with Crippen molar-refractivity contribution < 1.29 is 0 Å². The molecule has 5 heterocycles. The lowest BCUT2D eigenvalue weighted by atomic mass is 9.20. The molecule has 0 N–H and O–H groups in total. The predicted molar refractivity (Wildman–Crippen MR) is 407 cm³/mol. The van der Waals surface area contributed by atoms with Crippen LogP contribution in [0.4, 0.5) is 56.9 Å². The van der Waals surface area contributed by atoms with Gasteiger partial charge in [-0.05, 0) is 282 Å². The highest BCUT2D eigenvalue weighted by molar-refractivity contribution is 8.00. The zero-order valence-electron chi connectivity index (χ0n) is 59.2. The van der Waals surface area contributed by atoms with Crippen molar-refractivity contribution in [1.82, 2.24) is 0 Å². The second-order valence-electron chi connectivity index (χ2n) is 31.1. The summed E-state index contributed by atoms with van der Waals surface area (Å²) in [5.41, 5.74) is 41.3. The molecule has 0 saturated carbocycles. The van der Waals surface area contributed by atoms with Crippen molar-refractivity contribution in [3.8, 4) is 0 Å². The number of anilines is 10. The maximum atomic E-state index is 2.95. The van der Waals surface area contributed by atoms with E-state index in [4.69, 9.17) is 0 Å². The predicted octanol–water partition coefficient (Wildman–Crippen LogP) is 18.8. The van der Waals surface area contributed by atoms with Crippen LogP contribution < -0.4 is 57.8 Å². The fourth-order valence-electron chi connectivity index (χ4n) is 17.4. The Labute approximate surface area is 561 Å². The highest BCUT2D eigenvalue weighted by Crippen LogP contribution is 2.57. The zero-order chi connectivity index (χ0) is 65.5. The Bertz CT molecular complexity index is 4460. The first-order chi connectivity index (χ1) is 43.4. The number of benzene rings is 9. The van der Waals surface area contributed by atoms with E-state index in [0.29, 0.717) is 5.82 Å². The molecule has 3 unspecified atom stereocenters. The molecular formula is C83H93B3N4S2. The van der Waals surface area contributed by atoms with E-state index in [0.717, 1.165) is 6.54 Å². The average Bonchev–Trinajstić information content (AvgIpc) is 0.671. The summed E-state index contributed by atoms with van der Waals surface area (Å²) in [6, 6.07) is 47.6. The Hall–Kier alpha value is -6.93. The van der Waals surface area contributed by atoms with Gasteiger partial charge in [0.15, 0.2) is 6.71 Å². The summed E-state index contributed by atoms with van der Waals surface area (Å²) < 4.78 is 0. The second kappa shape index (κ2) is 22.1. The molecule has 0 radical (unpaired) electrons. The van der Waals surface area contributed by atoms with Gasteiger partial charge < -0.3 is 19.6 Å². The van der Waals surface area contributed by atoms with Crippen LogP contribution in [0.15, 0.2) is 135 Å². The maximum Gasteiger partial charge on any atom is 0.249 e. The Kier molecular flexibility index (Phi) is 15.0. The van der Waals surface area contributed by atoms with Crippen molar-refractivity contribution in [2.75, 3.05) is 26.1 Å². The van der Waals surface area contributed by atoms with E-state index in [-0.39, 0.29) is 42.8 Å². The lowest BCUT2D eigenvalue weighted by Gasteiger charge is -2.58. The summed E-state index contributed by atoms with van der Waals surface area (Å²) in [6.45, 7) is 56.0. The van der Waals surface area contributed by atoms with Crippen LogP contribution in [-0.4, -0.2) is 32.7 Å². The van der Waals surface area contributed by atoms with Crippen molar-refractivity contribution in [1.29, 1.82) is 0 Å². The van der Waals surface area contributed by atoms with Gasteiger partial charge in [0.05, 0.1) is 0 Å². The first-order valence-electron chi connectivity index (χ1n) is 34.1. The van der Waals surface area contributed by atoms with Crippen LogP contribution in [0.25, 0.3) is 0 Å². The Balaban J connectivity index is 1.13. The molecule has 0 bridgehead atoms. The third kappa shape index (κ3) is 9.63. The van der Waals surface area contributed by atoms with Crippen molar-refractivity contribution >= 4 is 139 Å². The SMILES string of the molecule is CCN1c2cc(N(c3cc(C)c(C)cc3C)c3cc(C)c(C)cc3C)cc3c2B(c2ccc(C)cc2S3)c2cc3c4c(c21)B(C(C)C(C)(C)C)C(C(C)(C)C)C(C)N4c1cc(N(c2cc(C)c(C)cc2C)c2cc(C)c(C)cc2C)cc2c1B3c1ccc(C)cc1S2. The minimum atomic E-state index is -0.0825. The van der Waals surface area contributed by atoms with Gasteiger partial charge in [0.2, 0.25) is 13.4 Å². The van der Waals surface area contributed by atoms with Gasteiger partial charge in [0.1, 0.15) is 0 Å². The molecule has 5 aliphatic heterocycles. The molecule has 4 nitrogen and oxygen atoms in total. The van der Waals surface area contributed by atoms with Gasteiger partial charge in [-0.15, -0.1) is 0 Å². The first kappa shape index (κ1) is 62.5.